The highest BCUT2D eigenvalue weighted by Crippen LogP contribution is 2.59. The number of rotatable bonds is 5. The maximum atomic E-state index is 10.2. The van der Waals surface area contributed by atoms with Gasteiger partial charge in [0.25, 0.3) is 0 Å². The highest BCUT2D eigenvalue weighted by Gasteiger charge is 2.50. The van der Waals surface area contributed by atoms with Crippen LogP contribution in [0.4, 0.5) is 0 Å². The standard InChI is InChI=1S/C28H44O3/c1-18(2)19(3)9-10-20(4)25-13-14-26-22(8-7-15-27(25,26)6)11-12-23-16-24(29)17-28(30,31)21(23)5/h9-12,18-20,24-26,29-31H,5,7-8,13-17H2,1-4,6H3/b10-9+,22-11+,23-12-/t19-,20-,24-,25-,26+,27-/m1/s1. The lowest BCUT2D eigenvalue weighted by Gasteiger charge is -2.44. The van der Waals surface area contributed by atoms with Gasteiger partial charge in [0.1, 0.15) is 0 Å². The molecule has 3 saturated carbocycles. The fourth-order valence-corrected chi connectivity index (χ4v) is 6.38. The summed E-state index contributed by atoms with van der Waals surface area (Å²) < 4.78 is 0. The molecule has 3 rings (SSSR count). The molecule has 3 nitrogen and oxygen atoms in total. The van der Waals surface area contributed by atoms with E-state index in [1.54, 1.807) is 0 Å². The van der Waals surface area contributed by atoms with Crippen molar-refractivity contribution in [3.63, 3.8) is 0 Å². The molecule has 174 valence electrons. The molecule has 3 aliphatic carbocycles. The van der Waals surface area contributed by atoms with E-state index in [0.717, 1.165) is 12.0 Å². The average molecular weight is 429 g/mol. The third-order valence-electron chi connectivity index (χ3n) is 8.79. The summed E-state index contributed by atoms with van der Waals surface area (Å²) in [7, 11) is 0. The summed E-state index contributed by atoms with van der Waals surface area (Å²) in [6.45, 7) is 15.7. The third kappa shape index (κ3) is 5.10. The second-order valence-corrected chi connectivity index (χ2v) is 11.2. The molecular weight excluding hydrogens is 384 g/mol. The van der Waals surface area contributed by atoms with Crippen LogP contribution in [-0.4, -0.2) is 27.2 Å². The minimum atomic E-state index is -2.00. The van der Waals surface area contributed by atoms with E-state index >= 15 is 0 Å². The summed E-state index contributed by atoms with van der Waals surface area (Å²) in [5.74, 6) is 1.18. The Morgan fingerprint density at radius 2 is 1.77 bits per heavy atom. The van der Waals surface area contributed by atoms with E-state index in [9.17, 15) is 15.3 Å². The normalized spacial score (nSPS) is 38.2. The Morgan fingerprint density at radius 3 is 2.45 bits per heavy atom. The molecule has 0 aromatic carbocycles. The van der Waals surface area contributed by atoms with Gasteiger partial charge < -0.3 is 15.3 Å². The van der Waals surface area contributed by atoms with Crippen LogP contribution in [0.1, 0.15) is 79.6 Å². The highest BCUT2D eigenvalue weighted by molar-refractivity contribution is 5.40. The minimum Gasteiger partial charge on any atom is -0.393 e. The van der Waals surface area contributed by atoms with E-state index in [0.29, 0.717) is 47.0 Å². The molecule has 0 spiro atoms. The maximum absolute atomic E-state index is 10.2. The maximum Gasteiger partial charge on any atom is 0.191 e. The van der Waals surface area contributed by atoms with Crippen molar-refractivity contribution in [2.24, 2.45) is 35.0 Å². The fourth-order valence-electron chi connectivity index (χ4n) is 6.38. The molecule has 0 aromatic heterocycles. The first-order valence-electron chi connectivity index (χ1n) is 12.4. The van der Waals surface area contributed by atoms with Crippen molar-refractivity contribution in [2.45, 2.75) is 91.5 Å². The summed E-state index contributed by atoms with van der Waals surface area (Å²) in [4.78, 5) is 0. The van der Waals surface area contributed by atoms with Gasteiger partial charge in [0.05, 0.1) is 6.10 Å². The summed E-state index contributed by atoms with van der Waals surface area (Å²) >= 11 is 0. The van der Waals surface area contributed by atoms with Crippen LogP contribution < -0.4 is 0 Å². The monoisotopic (exact) mass is 428 g/mol. The number of fused-ring (bicyclic) bond motifs is 1. The van der Waals surface area contributed by atoms with Crippen molar-refractivity contribution in [2.75, 3.05) is 0 Å². The molecule has 0 radical (unpaired) electrons. The van der Waals surface area contributed by atoms with Gasteiger partial charge in [-0.2, -0.15) is 0 Å². The van der Waals surface area contributed by atoms with Crippen LogP contribution in [0.3, 0.4) is 0 Å². The molecule has 0 heterocycles. The van der Waals surface area contributed by atoms with E-state index in [4.69, 9.17) is 0 Å². The van der Waals surface area contributed by atoms with Crippen LogP contribution in [0.25, 0.3) is 0 Å². The van der Waals surface area contributed by atoms with E-state index in [-0.39, 0.29) is 6.42 Å². The van der Waals surface area contributed by atoms with Crippen LogP contribution in [-0.2, 0) is 0 Å². The van der Waals surface area contributed by atoms with Crippen molar-refractivity contribution in [1.29, 1.82) is 0 Å². The minimum absolute atomic E-state index is 0.0665. The average Bonchev–Trinajstić information content (AvgIpc) is 3.04. The molecule has 31 heavy (non-hydrogen) atoms. The van der Waals surface area contributed by atoms with E-state index < -0.39 is 11.9 Å². The topological polar surface area (TPSA) is 60.7 Å². The summed E-state index contributed by atoms with van der Waals surface area (Å²) in [6.07, 6.45) is 14.9. The zero-order valence-electron chi connectivity index (χ0n) is 20.3. The summed E-state index contributed by atoms with van der Waals surface area (Å²) in [6, 6.07) is 0. The van der Waals surface area contributed by atoms with Gasteiger partial charge in [0.15, 0.2) is 5.79 Å². The van der Waals surface area contributed by atoms with E-state index in [1.165, 1.54) is 31.3 Å². The third-order valence-corrected chi connectivity index (χ3v) is 8.79. The lowest BCUT2D eigenvalue weighted by atomic mass is 9.61. The largest absolute Gasteiger partial charge is 0.393 e. The second kappa shape index (κ2) is 9.37. The van der Waals surface area contributed by atoms with Gasteiger partial charge in [-0.25, -0.2) is 0 Å². The van der Waals surface area contributed by atoms with Crippen LogP contribution in [0.15, 0.2) is 47.6 Å². The molecule has 6 atom stereocenters. The summed E-state index contributed by atoms with van der Waals surface area (Å²) in [5.41, 5.74) is 2.91. The Labute approximate surface area is 189 Å². The van der Waals surface area contributed by atoms with Crippen molar-refractivity contribution in [3.8, 4) is 0 Å². The Bertz CT molecular complexity index is 756. The van der Waals surface area contributed by atoms with Crippen molar-refractivity contribution < 1.29 is 15.3 Å². The molecule has 3 heteroatoms. The molecule has 0 bridgehead atoms. The number of aliphatic hydroxyl groups is 3. The molecule has 0 saturated heterocycles. The Balaban J connectivity index is 1.78. The van der Waals surface area contributed by atoms with Crippen LogP contribution in [0, 0.1) is 35.0 Å². The lowest BCUT2D eigenvalue weighted by molar-refractivity contribution is -0.155. The van der Waals surface area contributed by atoms with Crippen LogP contribution in [0.5, 0.6) is 0 Å². The Kier molecular flexibility index (Phi) is 7.40. The predicted molar refractivity (Wildman–Crippen MR) is 128 cm³/mol. The molecule has 0 amide bonds. The lowest BCUT2D eigenvalue weighted by Crippen LogP contribution is -2.40. The van der Waals surface area contributed by atoms with Gasteiger partial charge in [-0.3, -0.25) is 0 Å². The molecule has 3 aliphatic rings. The highest BCUT2D eigenvalue weighted by atomic mass is 16.5. The first kappa shape index (κ1) is 24.5. The van der Waals surface area contributed by atoms with Crippen molar-refractivity contribution in [3.05, 3.63) is 47.6 Å². The first-order chi connectivity index (χ1) is 14.5. The number of aliphatic hydroxyl groups excluding tert-OH is 1. The molecule has 3 N–H and O–H groups in total. The number of allylic oxidation sites excluding steroid dienone is 5. The number of hydrogen-bond acceptors (Lipinski definition) is 3. The van der Waals surface area contributed by atoms with Gasteiger partial charge in [0, 0.05) is 12.0 Å². The SMILES string of the molecule is C=C1/C(=C\C=C2/CCC[C@]3(C)[C@@H]([C@H](C)/C=C/[C@@H](C)C(C)C)CC[C@@H]23)C[C@@H](O)CC1(O)O. The Morgan fingerprint density at radius 1 is 1.06 bits per heavy atom. The zero-order chi connectivity index (χ0) is 23.0. The quantitative estimate of drug-likeness (QED) is 0.375. The molecular formula is C28H44O3. The summed E-state index contributed by atoms with van der Waals surface area (Å²) in [5, 5.41) is 30.4. The van der Waals surface area contributed by atoms with E-state index in [2.05, 4.69) is 59.4 Å². The second-order valence-electron chi connectivity index (χ2n) is 11.2. The van der Waals surface area contributed by atoms with Gasteiger partial charge in [-0.1, -0.05) is 71.1 Å². The van der Waals surface area contributed by atoms with E-state index in [1.807, 2.05) is 6.08 Å². The van der Waals surface area contributed by atoms with Crippen LogP contribution in [0.2, 0.25) is 0 Å². The predicted octanol–water partition coefficient (Wildman–Crippen LogP) is 5.93. The first-order valence-corrected chi connectivity index (χ1v) is 12.4. The molecule has 0 unspecified atom stereocenters. The van der Waals surface area contributed by atoms with Crippen LogP contribution >= 0.6 is 0 Å². The Hall–Kier alpha value is -1.16. The van der Waals surface area contributed by atoms with Gasteiger partial charge in [-0.15, -0.1) is 0 Å². The van der Waals surface area contributed by atoms with Gasteiger partial charge in [-0.05, 0) is 79.1 Å². The molecule has 0 aromatic rings. The van der Waals surface area contributed by atoms with Gasteiger partial charge in [0.2, 0.25) is 0 Å². The van der Waals surface area contributed by atoms with Crippen molar-refractivity contribution in [1.82, 2.24) is 0 Å². The number of hydrogen-bond donors (Lipinski definition) is 3. The molecule has 0 aliphatic heterocycles. The van der Waals surface area contributed by atoms with Gasteiger partial charge >= 0.3 is 0 Å². The smallest absolute Gasteiger partial charge is 0.191 e. The molecule has 3 fully saturated rings. The fraction of sp³-hybridized carbons (Fsp3) is 0.714. The zero-order valence-corrected chi connectivity index (χ0v) is 20.3. The van der Waals surface area contributed by atoms with Crippen molar-refractivity contribution >= 4 is 0 Å².